The Morgan fingerprint density at radius 2 is 2.09 bits per heavy atom. The number of allylic oxidation sites excluding steroid dienone is 3. The first-order valence-corrected chi connectivity index (χ1v) is 7.89. The first kappa shape index (κ1) is 15.7. The minimum atomic E-state index is -0.986. The van der Waals surface area contributed by atoms with Crippen molar-refractivity contribution in [3.05, 3.63) is 63.7 Å². The number of methoxy groups -OCH3 is 1. The second-order valence-electron chi connectivity index (χ2n) is 5.54. The highest BCUT2D eigenvalue weighted by Crippen LogP contribution is 2.38. The van der Waals surface area contributed by atoms with E-state index in [4.69, 9.17) is 4.74 Å². The highest BCUT2D eigenvalue weighted by Gasteiger charge is 2.42. The third-order valence-electron chi connectivity index (χ3n) is 4.13. The molecule has 0 aliphatic heterocycles. The Balaban J connectivity index is 2.27. The molecule has 118 valence electrons. The number of esters is 1. The third kappa shape index (κ3) is 2.43. The number of para-hydroxylation sites is 1. The van der Waals surface area contributed by atoms with Crippen molar-refractivity contribution in [2.45, 2.75) is 13.0 Å². The van der Waals surface area contributed by atoms with Crippen LogP contribution in [-0.2, 0) is 9.53 Å². The molecule has 0 N–H and O–H groups in total. The largest absolute Gasteiger partial charge is 0.468 e. The van der Waals surface area contributed by atoms with Gasteiger partial charge in [-0.1, -0.05) is 36.4 Å². The van der Waals surface area contributed by atoms with Gasteiger partial charge in [0.2, 0.25) is 0 Å². The Labute approximate surface area is 141 Å². The van der Waals surface area contributed by atoms with E-state index in [0.29, 0.717) is 15.6 Å². The summed E-state index contributed by atoms with van der Waals surface area (Å²) in [5, 5.41) is 0.505. The third-order valence-corrected chi connectivity index (χ3v) is 4.69. The number of fused-ring (bicyclic) bond motifs is 1. The second-order valence-corrected chi connectivity index (χ2v) is 6.25. The first-order valence-electron chi connectivity index (χ1n) is 7.10. The van der Waals surface area contributed by atoms with Gasteiger partial charge in [-0.2, -0.15) is 0 Å². The van der Waals surface area contributed by atoms with Gasteiger partial charge in [-0.3, -0.25) is 14.2 Å². The fraction of sp³-hybridized carbons (Fsp3) is 0.235. The zero-order valence-corrected chi connectivity index (χ0v) is 14.3. The van der Waals surface area contributed by atoms with Crippen LogP contribution < -0.4 is 5.56 Å². The molecule has 0 saturated carbocycles. The van der Waals surface area contributed by atoms with Crippen LogP contribution in [-0.4, -0.2) is 22.6 Å². The van der Waals surface area contributed by atoms with Crippen LogP contribution in [0.25, 0.3) is 10.9 Å². The van der Waals surface area contributed by atoms with Crippen molar-refractivity contribution < 1.29 is 9.53 Å². The molecule has 5 nitrogen and oxygen atoms in total. The molecule has 2 atom stereocenters. The Bertz CT molecular complexity index is 900. The topological polar surface area (TPSA) is 61.2 Å². The van der Waals surface area contributed by atoms with E-state index in [1.165, 1.54) is 11.7 Å². The molecule has 6 heteroatoms. The van der Waals surface area contributed by atoms with Crippen LogP contribution in [0.4, 0.5) is 0 Å². The minimum Gasteiger partial charge on any atom is -0.468 e. The van der Waals surface area contributed by atoms with Crippen molar-refractivity contribution in [2.75, 3.05) is 7.11 Å². The normalized spacial score (nSPS) is 23.2. The maximum atomic E-state index is 12.9. The predicted octanol–water partition coefficient (Wildman–Crippen LogP) is 3.01. The van der Waals surface area contributed by atoms with E-state index in [-0.39, 0.29) is 5.56 Å². The van der Waals surface area contributed by atoms with E-state index in [1.807, 2.05) is 12.1 Å². The average Bonchev–Trinajstić information content (AvgIpc) is 2.55. The predicted molar refractivity (Wildman–Crippen MR) is 91.1 cm³/mol. The van der Waals surface area contributed by atoms with Crippen molar-refractivity contribution in [3.63, 3.8) is 0 Å². The van der Waals surface area contributed by atoms with Crippen LogP contribution in [0, 0.1) is 5.41 Å². The Morgan fingerprint density at radius 3 is 2.83 bits per heavy atom. The quantitative estimate of drug-likeness (QED) is 0.598. The molecule has 1 aliphatic carbocycles. The Hall–Kier alpha value is -2.21. The lowest BCUT2D eigenvalue weighted by Crippen LogP contribution is -2.41. The zero-order valence-electron chi connectivity index (χ0n) is 12.7. The van der Waals surface area contributed by atoms with Gasteiger partial charge in [-0.15, -0.1) is 0 Å². The maximum absolute atomic E-state index is 12.9. The molecule has 23 heavy (non-hydrogen) atoms. The van der Waals surface area contributed by atoms with Crippen molar-refractivity contribution >= 4 is 32.8 Å². The molecule has 1 aromatic carbocycles. The van der Waals surface area contributed by atoms with Gasteiger partial charge in [0.05, 0.1) is 24.1 Å². The monoisotopic (exact) mass is 374 g/mol. The summed E-state index contributed by atoms with van der Waals surface area (Å²) in [5.41, 5.74) is -0.585. The van der Waals surface area contributed by atoms with Crippen LogP contribution in [0.2, 0.25) is 0 Å². The van der Waals surface area contributed by atoms with Gasteiger partial charge in [0.15, 0.2) is 4.73 Å². The van der Waals surface area contributed by atoms with Crippen LogP contribution in [0.3, 0.4) is 0 Å². The van der Waals surface area contributed by atoms with E-state index >= 15 is 0 Å². The van der Waals surface area contributed by atoms with Crippen LogP contribution in [0.1, 0.15) is 13.0 Å². The number of nitrogens with zero attached hydrogens (tertiary/aromatic N) is 2. The van der Waals surface area contributed by atoms with E-state index in [1.54, 1.807) is 43.4 Å². The van der Waals surface area contributed by atoms with Crippen molar-refractivity contribution in [1.29, 1.82) is 0 Å². The molecule has 1 aromatic heterocycles. The second kappa shape index (κ2) is 5.77. The number of carbonyl (C=O) groups excluding carboxylic acids is 1. The summed E-state index contributed by atoms with van der Waals surface area (Å²) >= 11 is 3.37. The lowest BCUT2D eigenvalue weighted by Gasteiger charge is -2.34. The van der Waals surface area contributed by atoms with Gasteiger partial charge in [0.25, 0.3) is 5.56 Å². The smallest absolute Gasteiger partial charge is 0.317 e. The van der Waals surface area contributed by atoms with E-state index < -0.39 is 17.4 Å². The molecule has 0 amide bonds. The first-order chi connectivity index (χ1) is 11.0. The molecular formula is C17H15BrN2O3. The van der Waals surface area contributed by atoms with Crippen molar-refractivity contribution in [3.8, 4) is 0 Å². The number of hydrogen-bond donors (Lipinski definition) is 0. The summed E-state index contributed by atoms with van der Waals surface area (Å²) in [6.07, 6.45) is 7.14. The van der Waals surface area contributed by atoms with E-state index in [2.05, 4.69) is 20.9 Å². The highest BCUT2D eigenvalue weighted by molar-refractivity contribution is 9.10. The van der Waals surface area contributed by atoms with Gasteiger partial charge in [0, 0.05) is 0 Å². The van der Waals surface area contributed by atoms with Gasteiger partial charge in [-0.05, 0) is 35.0 Å². The lowest BCUT2D eigenvalue weighted by atomic mass is 9.79. The standard InChI is InChI=1S/C17H15BrN2O3/c1-17(15(22)23-2)10-6-5-9-13(17)20-14(21)11-7-3-4-8-12(11)19-16(20)18/h3-10,13H,1-2H3. The van der Waals surface area contributed by atoms with Crippen LogP contribution in [0.15, 0.2) is 58.1 Å². The number of halogens is 1. The highest BCUT2D eigenvalue weighted by atomic mass is 79.9. The number of hydrogen-bond acceptors (Lipinski definition) is 4. The van der Waals surface area contributed by atoms with E-state index in [9.17, 15) is 9.59 Å². The SMILES string of the molecule is COC(=O)C1(C)C=CC=CC1n1c(Br)nc2ccccc2c1=O. The molecule has 0 saturated heterocycles. The molecule has 3 rings (SSSR count). The maximum Gasteiger partial charge on any atom is 0.317 e. The van der Waals surface area contributed by atoms with Gasteiger partial charge in [0.1, 0.15) is 5.41 Å². The molecule has 0 spiro atoms. The summed E-state index contributed by atoms with van der Waals surface area (Å²) in [7, 11) is 1.34. The molecule has 1 aliphatic rings. The zero-order chi connectivity index (χ0) is 16.6. The molecular weight excluding hydrogens is 360 g/mol. The number of benzene rings is 1. The molecule has 0 bridgehead atoms. The van der Waals surface area contributed by atoms with Gasteiger partial charge < -0.3 is 4.74 Å². The van der Waals surface area contributed by atoms with Gasteiger partial charge in [-0.25, -0.2) is 4.98 Å². The van der Waals surface area contributed by atoms with Crippen LogP contribution in [0.5, 0.6) is 0 Å². The Kier molecular flexibility index (Phi) is 3.93. The summed E-state index contributed by atoms with van der Waals surface area (Å²) in [5.74, 6) is -0.407. The number of aromatic nitrogens is 2. The minimum absolute atomic E-state index is 0.206. The lowest BCUT2D eigenvalue weighted by molar-refractivity contribution is -0.150. The van der Waals surface area contributed by atoms with E-state index in [0.717, 1.165) is 0 Å². The molecule has 2 unspecified atom stereocenters. The molecule has 0 radical (unpaired) electrons. The number of carbonyl (C=O) groups is 1. The van der Waals surface area contributed by atoms with Crippen molar-refractivity contribution in [2.24, 2.45) is 5.41 Å². The molecule has 0 fully saturated rings. The molecule has 2 aromatic rings. The van der Waals surface area contributed by atoms with Gasteiger partial charge >= 0.3 is 5.97 Å². The van der Waals surface area contributed by atoms with Crippen LogP contribution >= 0.6 is 15.9 Å². The average molecular weight is 375 g/mol. The summed E-state index contributed by atoms with van der Waals surface area (Å²) in [4.78, 5) is 29.7. The molecule has 1 heterocycles. The van der Waals surface area contributed by atoms with Crippen molar-refractivity contribution in [1.82, 2.24) is 9.55 Å². The summed E-state index contributed by atoms with van der Waals surface area (Å²) in [6, 6.07) is 6.60. The number of rotatable bonds is 2. The fourth-order valence-corrected chi connectivity index (χ4v) is 3.42. The summed E-state index contributed by atoms with van der Waals surface area (Å²) in [6.45, 7) is 1.75. The fourth-order valence-electron chi connectivity index (χ4n) is 2.85. The summed E-state index contributed by atoms with van der Waals surface area (Å²) < 4.78 is 6.80. The Morgan fingerprint density at radius 1 is 1.35 bits per heavy atom. The number of ether oxygens (including phenoxy) is 1.